The molecule has 1 aromatic heterocycles. The predicted octanol–water partition coefficient (Wildman–Crippen LogP) is 2.33. The van der Waals surface area contributed by atoms with E-state index in [0.29, 0.717) is 5.56 Å². The van der Waals surface area contributed by atoms with Crippen LogP contribution in [0, 0.1) is 22.2 Å². The molecular formula is C35H40O15. The standard InChI is InChI=1S/C35H40O15/c1-16(36)44-22-13-33-30(6)20(11-23(39)42-8)28(4)15-32(30,41)35(47-18(3)38,26(28)45-17(2)37)27-34(33,50-31(7,48-27)49-33)21-12-24(40)46-25(29(21,22)5)19-9-10-43-14-19/h9-10,12,14,20,22,25-27,41H,11,13,15H2,1-8H3/t20-,22-,25-,26-,27+,28-,29-,30+,31?,32+,33-,34+,35-/m0/s1. The number of hydrogen-bond acceptors (Lipinski definition) is 15. The molecule has 15 nitrogen and oxygen atoms in total. The van der Waals surface area contributed by atoms with Crippen LogP contribution in [0.25, 0.3) is 0 Å². The van der Waals surface area contributed by atoms with Gasteiger partial charge in [-0.3, -0.25) is 19.2 Å². The van der Waals surface area contributed by atoms with Crippen LogP contribution in [0.5, 0.6) is 0 Å². The second-order valence-corrected chi connectivity index (χ2v) is 15.6. The van der Waals surface area contributed by atoms with Gasteiger partial charge in [0.15, 0.2) is 11.7 Å². The number of methoxy groups -OCH3 is 1. The molecule has 4 saturated carbocycles. The lowest BCUT2D eigenvalue weighted by Gasteiger charge is -2.76. The molecule has 4 aliphatic carbocycles. The Morgan fingerprint density at radius 1 is 1.00 bits per heavy atom. The Hall–Kier alpha value is -3.79. The van der Waals surface area contributed by atoms with Crippen molar-refractivity contribution in [3.63, 3.8) is 0 Å². The van der Waals surface area contributed by atoms with Gasteiger partial charge in [-0.2, -0.15) is 0 Å². The Balaban J connectivity index is 1.50. The fourth-order valence-corrected chi connectivity index (χ4v) is 12.1. The molecule has 1 unspecified atom stereocenters. The van der Waals surface area contributed by atoms with Crippen molar-refractivity contribution in [2.45, 2.75) is 121 Å². The molecule has 4 bridgehead atoms. The third-order valence-electron chi connectivity index (χ3n) is 13.4. The largest absolute Gasteiger partial charge is 0.472 e. The van der Waals surface area contributed by atoms with Gasteiger partial charge in [-0.05, 0) is 30.9 Å². The number of carbonyl (C=O) groups is 5. The van der Waals surface area contributed by atoms with Crippen LogP contribution in [0.3, 0.4) is 0 Å². The molecule has 4 heterocycles. The van der Waals surface area contributed by atoms with Gasteiger partial charge in [0.1, 0.15) is 29.5 Å². The first-order valence-corrected chi connectivity index (χ1v) is 16.6. The lowest BCUT2D eigenvalue weighted by atomic mass is 9.34. The molecule has 8 rings (SSSR count). The van der Waals surface area contributed by atoms with Crippen molar-refractivity contribution in [1.82, 2.24) is 0 Å². The Morgan fingerprint density at radius 3 is 2.30 bits per heavy atom. The fraction of sp³-hybridized carbons (Fsp3) is 0.686. The van der Waals surface area contributed by atoms with Gasteiger partial charge >= 0.3 is 29.8 Å². The monoisotopic (exact) mass is 700 g/mol. The molecule has 50 heavy (non-hydrogen) atoms. The molecule has 2 saturated heterocycles. The van der Waals surface area contributed by atoms with Crippen molar-refractivity contribution in [1.29, 1.82) is 0 Å². The summed E-state index contributed by atoms with van der Waals surface area (Å²) in [5, 5.41) is 13.6. The topological polar surface area (TPSA) is 193 Å². The number of rotatable bonds is 6. The third kappa shape index (κ3) is 3.30. The molecule has 0 radical (unpaired) electrons. The molecule has 3 aliphatic heterocycles. The van der Waals surface area contributed by atoms with E-state index in [1.807, 2.05) is 0 Å². The van der Waals surface area contributed by atoms with Crippen LogP contribution >= 0.6 is 0 Å². The van der Waals surface area contributed by atoms with E-state index in [2.05, 4.69) is 0 Å². The van der Waals surface area contributed by atoms with E-state index in [0.717, 1.165) is 0 Å². The van der Waals surface area contributed by atoms with Gasteiger partial charge in [-0.25, -0.2) is 4.79 Å². The highest BCUT2D eigenvalue weighted by Gasteiger charge is 3.03. The Bertz CT molecular complexity index is 1790. The normalized spacial score (nSPS) is 50.1. The first kappa shape index (κ1) is 33.4. The van der Waals surface area contributed by atoms with Crippen LogP contribution < -0.4 is 0 Å². The summed E-state index contributed by atoms with van der Waals surface area (Å²) in [5.74, 6) is -6.37. The summed E-state index contributed by atoms with van der Waals surface area (Å²) in [4.78, 5) is 66.3. The zero-order chi connectivity index (χ0) is 36.2. The molecule has 15 heteroatoms. The number of hydrogen-bond donors (Lipinski definition) is 1. The molecular weight excluding hydrogens is 660 g/mol. The second kappa shape index (κ2) is 9.55. The summed E-state index contributed by atoms with van der Waals surface area (Å²) in [6.07, 6.45) is -1.52. The molecule has 6 fully saturated rings. The number of cyclic esters (lactones) is 1. The van der Waals surface area contributed by atoms with Crippen LogP contribution in [0.1, 0.15) is 79.4 Å². The smallest absolute Gasteiger partial charge is 0.331 e. The number of ether oxygens (including phenoxy) is 8. The molecule has 0 amide bonds. The van der Waals surface area contributed by atoms with Gasteiger partial charge in [0, 0.05) is 63.0 Å². The average molecular weight is 701 g/mol. The number of furan rings is 1. The summed E-state index contributed by atoms with van der Waals surface area (Å²) >= 11 is 0. The van der Waals surface area contributed by atoms with Crippen LogP contribution in [-0.4, -0.2) is 88.8 Å². The van der Waals surface area contributed by atoms with E-state index >= 15 is 0 Å². The van der Waals surface area contributed by atoms with Gasteiger partial charge < -0.3 is 47.4 Å². The van der Waals surface area contributed by atoms with E-state index in [-0.39, 0.29) is 24.8 Å². The molecule has 13 atom stereocenters. The Morgan fingerprint density at radius 2 is 1.70 bits per heavy atom. The highest BCUT2D eigenvalue weighted by molar-refractivity contribution is 5.86. The van der Waals surface area contributed by atoms with E-state index in [9.17, 15) is 29.1 Å². The molecule has 1 aromatic rings. The van der Waals surface area contributed by atoms with E-state index in [1.54, 1.807) is 26.8 Å². The first-order valence-electron chi connectivity index (χ1n) is 16.6. The number of carbonyl (C=O) groups excluding carboxylic acids is 5. The zero-order valence-corrected chi connectivity index (χ0v) is 29.0. The quantitative estimate of drug-likeness (QED) is 0.336. The summed E-state index contributed by atoms with van der Waals surface area (Å²) in [5.41, 5.74) is -11.6. The maximum absolute atomic E-state index is 13.7. The van der Waals surface area contributed by atoms with E-state index in [4.69, 9.17) is 42.3 Å². The summed E-state index contributed by atoms with van der Waals surface area (Å²) in [6, 6.07) is 1.62. The van der Waals surface area contributed by atoms with E-state index in [1.165, 1.54) is 53.4 Å². The molecule has 0 aromatic carbocycles. The minimum atomic E-state index is -2.17. The Labute approximate surface area is 286 Å². The van der Waals surface area contributed by atoms with Gasteiger partial charge in [0.2, 0.25) is 5.60 Å². The second-order valence-electron chi connectivity index (χ2n) is 15.6. The molecule has 7 aliphatic rings. The van der Waals surface area contributed by atoms with Crippen LogP contribution in [0.4, 0.5) is 0 Å². The van der Waals surface area contributed by atoms with Gasteiger partial charge in [-0.1, -0.05) is 13.8 Å². The highest BCUT2D eigenvalue weighted by atomic mass is 17.0. The average Bonchev–Trinajstić information content (AvgIpc) is 3.78. The fourth-order valence-electron chi connectivity index (χ4n) is 12.1. The molecule has 270 valence electrons. The first-order chi connectivity index (χ1) is 23.3. The minimum absolute atomic E-state index is 0.130. The third-order valence-corrected chi connectivity index (χ3v) is 13.4. The summed E-state index contributed by atoms with van der Waals surface area (Å²) in [6.45, 7) is 10.4. The predicted molar refractivity (Wildman–Crippen MR) is 161 cm³/mol. The van der Waals surface area contributed by atoms with Crippen LogP contribution in [-0.2, 0) is 61.9 Å². The van der Waals surface area contributed by atoms with Crippen molar-refractivity contribution >= 4 is 29.8 Å². The van der Waals surface area contributed by atoms with Crippen LogP contribution in [0.15, 0.2) is 34.7 Å². The van der Waals surface area contributed by atoms with Crippen molar-refractivity contribution in [3.05, 3.63) is 35.8 Å². The van der Waals surface area contributed by atoms with Crippen molar-refractivity contribution in [2.24, 2.45) is 22.2 Å². The number of esters is 5. The number of aliphatic hydroxyl groups is 1. The maximum Gasteiger partial charge on any atom is 0.331 e. The van der Waals surface area contributed by atoms with Crippen molar-refractivity contribution in [3.8, 4) is 0 Å². The highest BCUT2D eigenvalue weighted by Crippen LogP contribution is 2.88. The molecule has 1 N–H and O–H groups in total. The van der Waals surface area contributed by atoms with Crippen molar-refractivity contribution in [2.75, 3.05) is 7.11 Å². The van der Waals surface area contributed by atoms with E-state index < -0.39 is 105 Å². The minimum Gasteiger partial charge on any atom is -0.472 e. The summed E-state index contributed by atoms with van der Waals surface area (Å²) in [7, 11) is 1.24. The van der Waals surface area contributed by atoms with Gasteiger partial charge in [0.05, 0.1) is 25.1 Å². The Kier molecular flexibility index (Phi) is 6.37. The lowest BCUT2D eigenvalue weighted by molar-refractivity contribution is -0.446. The SMILES string of the molecule is COC(=O)C[C@H]1[C@]2(C)C[C@]3(O)[C@](OC(C)=O)([C@H]2OC(C)=O)[C@@H]2OC4(C)O[C@@]5(C[C@H](OC(C)=O)[C@]6(C)C(=CC(=O)O[C@H]6c6ccoc6)[C@@]25O4)[C@]13C. The maximum atomic E-state index is 13.7. The van der Waals surface area contributed by atoms with Crippen molar-refractivity contribution < 1.29 is 71.4 Å². The lowest BCUT2D eigenvalue weighted by Crippen LogP contribution is -2.93. The summed E-state index contributed by atoms with van der Waals surface area (Å²) < 4.78 is 55.7. The zero-order valence-electron chi connectivity index (χ0n) is 29.0. The van der Waals surface area contributed by atoms with Crippen LogP contribution in [0.2, 0.25) is 0 Å². The van der Waals surface area contributed by atoms with Gasteiger partial charge in [0.25, 0.3) is 5.97 Å². The molecule has 1 spiro atoms. The van der Waals surface area contributed by atoms with Gasteiger partial charge in [-0.15, -0.1) is 0 Å². The number of fused-ring (bicyclic) bond motifs is 4.